The van der Waals surface area contributed by atoms with Crippen molar-refractivity contribution >= 4 is 5.97 Å². The highest BCUT2D eigenvalue weighted by Crippen LogP contribution is 2.19. The lowest BCUT2D eigenvalue weighted by molar-refractivity contribution is 0.0688. The minimum atomic E-state index is -0.916. The van der Waals surface area contributed by atoms with Crippen LogP contribution in [0, 0.1) is 5.92 Å². The Labute approximate surface area is 94.5 Å². The molecule has 5 heteroatoms. The van der Waals surface area contributed by atoms with Crippen LogP contribution >= 0.6 is 0 Å². The first-order chi connectivity index (χ1) is 7.59. The van der Waals surface area contributed by atoms with Gasteiger partial charge in [-0.15, -0.1) is 0 Å². The number of carboxylic acid groups (broad SMARTS) is 1. The smallest absolute Gasteiger partial charge is 0.356 e. The molecule has 2 rings (SSSR count). The third kappa shape index (κ3) is 1.95. The molecule has 0 aromatic carbocycles. The molecule has 1 aliphatic rings. The van der Waals surface area contributed by atoms with Gasteiger partial charge in [-0.05, 0) is 18.9 Å². The quantitative estimate of drug-likeness (QED) is 0.798. The molecule has 2 N–H and O–H groups in total. The number of rotatable bonds is 3. The minimum Gasteiger partial charge on any atom is -0.476 e. The normalized spacial score (nSPS) is 15.2. The largest absolute Gasteiger partial charge is 0.476 e. The summed E-state index contributed by atoms with van der Waals surface area (Å²) in [4.78, 5) is 11.1. The van der Waals surface area contributed by atoms with Gasteiger partial charge in [-0.3, -0.25) is 4.68 Å². The highest BCUT2D eigenvalue weighted by atomic mass is 16.4. The van der Waals surface area contributed by atoms with Crippen molar-refractivity contribution in [1.82, 2.24) is 15.1 Å². The van der Waals surface area contributed by atoms with E-state index in [9.17, 15) is 4.79 Å². The maximum Gasteiger partial charge on any atom is 0.356 e. The SMILES string of the molecule is CC(C)Cn1nc(C(=O)O)c2c1CNCC2. The summed E-state index contributed by atoms with van der Waals surface area (Å²) in [5.74, 6) is -0.451. The summed E-state index contributed by atoms with van der Waals surface area (Å²) in [5.41, 5.74) is 2.18. The van der Waals surface area contributed by atoms with E-state index in [1.165, 1.54) is 0 Å². The first-order valence-corrected chi connectivity index (χ1v) is 5.62. The summed E-state index contributed by atoms with van der Waals surface area (Å²) < 4.78 is 1.84. The fourth-order valence-electron chi connectivity index (χ4n) is 2.08. The molecule has 1 aromatic heterocycles. The molecule has 0 radical (unpaired) electrons. The van der Waals surface area contributed by atoms with Crippen LogP contribution in [0.3, 0.4) is 0 Å². The number of nitrogens with one attached hydrogen (secondary N) is 1. The van der Waals surface area contributed by atoms with Gasteiger partial charge in [0.15, 0.2) is 5.69 Å². The Balaban J connectivity index is 2.42. The molecule has 88 valence electrons. The molecule has 0 saturated carbocycles. The predicted octanol–water partition coefficient (Wildman–Crippen LogP) is 0.883. The fourth-order valence-corrected chi connectivity index (χ4v) is 2.08. The number of carbonyl (C=O) groups is 1. The van der Waals surface area contributed by atoms with Crippen LogP contribution in [-0.2, 0) is 19.5 Å². The molecule has 0 atom stereocenters. The van der Waals surface area contributed by atoms with Crippen molar-refractivity contribution in [3.63, 3.8) is 0 Å². The van der Waals surface area contributed by atoms with Gasteiger partial charge in [0.05, 0.1) is 5.69 Å². The Kier molecular flexibility index (Phi) is 2.96. The van der Waals surface area contributed by atoms with E-state index in [1.54, 1.807) is 0 Å². The monoisotopic (exact) mass is 223 g/mol. The van der Waals surface area contributed by atoms with Gasteiger partial charge in [-0.1, -0.05) is 13.8 Å². The third-order valence-corrected chi connectivity index (χ3v) is 2.75. The zero-order valence-electron chi connectivity index (χ0n) is 9.66. The second-order valence-corrected chi connectivity index (χ2v) is 4.58. The van der Waals surface area contributed by atoms with E-state index in [0.29, 0.717) is 5.92 Å². The number of aromatic carboxylic acids is 1. The number of hydrogen-bond donors (Lipinski definition) is 2. The van der Waals surface area contributed by atoms with Crippen molar-refractivity contribution in [3.05, 3.63) is 17.0 Å². The fraction of sp³-hybridized carbons (Fsp3) is 0.636. The van der Waals surface area contributed by atoms with Crippen molar-refractivity contribution in [2.45, 2.75) is 33.4 Å². The van der Waals surface area contributed by atoms with Gasteiger partial charge in [0.2, 0.25) is 0 Å². The van der Waals surface area contributed by atoms with Crippen molar-refractivity contribution in [3.8, 4) is 0 Å². The van der Waals surface area contributed by atoms with E-state index in [4.69, 9.17) is 5.11 Å². The molecule has 1 aliphatic heterocycles. The maximum atomic E-state index is 11.1. The highest BCUT2D eigenvalue weighted by Gasteiger charge is 2.24. The van der Waals surface area contributed by atoms with Crippen LogP contribution in [0.2, 0.25) is 0 Å². The predicted molar refractivity (Wildman–Crippen MR) is 59.4 cm³/mol. The van der Waals surface area contributed by atoms with Gasteiger partial charge < -0.3 is 10.4 Å². The highest BCUT2D eigenvalue weighted by molar-refractivity contribution is 5.87. The van der Waals surface area contributed by atoms with Crippen LogP contribution in [0.25, 0.3) is 0 Å². The molecule has 0 aliphatic carbocycles. The van der Waals surface area contributed by atoms with Gasteiger partial charge in [0.1, 0.15) is 0 Å². The van der Waals surface area contributed by atoms with Crippen molar-refractivity contribution in [1.29, 1.82) is 0 Å². The van der Waals surface area contributed by atoms with E-state index >= 15 is 0 Å². The van der Waals surface area contributed by atoms with Crippen molar-refractivity contribution < 1.29 is 9.90 Å². The summed E-state index contributed by atoms with van der Waals surface area (Å²) in [7, 11) is 0. The zero-order chi connectivity index (χ0) is 11.7. The maximum absolute atomic E-state index is 11.1. The number of carboxylic acids is 1. The van der Waals surface area contributed by atoms with Crippen LogP contribution < -0.4 is 5.32 Å². The first kappa shape index (κ1) is 11.1. The molecular formula is C11H17N3O2. The minimum absolute atomic E-state index is 0.233. The van der Waals surface area contributed by atoms with Gasteiger partial charge >= 0.3 is 5.97 Å². The molecule has 0 bridgehead atoms. The molecule has 0 fully saturated rings. The van der Waals surface area contributed by atoms with Crippen molar-refractivity contribution in [2.24, 2.45) is 5.92 Å². The Hall–Kier alpha value is -1.36. The topological polar surface area (TPSA) is 67.2 Å². The summed E-state index contributed by atoms with van der Waals surface area (Å²) in [6.45, 7) is 6.54. The van der Waals surface area contributed by atoms with Gasteiger partial charge in [-0.25, -0.2) is 4.79 Å². The molecule has 5 nitrogen and oxygen atoms in total. The van der Waals surface area contributed by atoms with Gasteiger partial charge in [-0.2, -0.15) is 5.10 Å². The molecule has 0 spiro atoms. The van der Waals surface area contributed by atoms with E-state index in [0.717, 1.165) is 37.3 Å². The number of fused-ring (bicyclic) bond motifs is 1. The zero-order valence-corrected chi connectivity index (χ0v) is 9.66. The summed E-state index contributed by atoms with van der Waals surface area (Å²) in [5, 5.41) is 16.6. The number of hydrogen-bond acceptors (Lipinski definition) is 3. The summed E-state index contributed by atoms with van der Waals surface area (Å²) in [6.07, 6.45) is 0.759. The van der Waals surface area contributed by atoms with Crippen LogP contribution in [0.5, 0.6) is 0 Å². The molecule has 0 unspecified atom stereocenters. The molecule has 0 amide bonds. The average molecular weight is 223 g/mol. The standard InChI is InChI=1S/C11H17N3O2/c1-7(2)6-14-9-5-12-4-3-8(9)10(13-14)11(15)16/h7,12H,3-6H2,1-2H3,(H,15,16). The van der Waals surface area contributed by atoms with Gasteiger partial charge in [0.25, 0.3) is 0 Å². The lowest BCUT2D eigenvalue weighted by Crippen LogP contribution is -2.26. The second-order valence-electron chi connectivity index (χ2n) is 4.58. The van der Waals surface area contributed by atoms with E-state index in [1.807, 2.05) is 4.68 Å². The average Bonchev–Trinajstić information content (AvgIpc) is 2.57. The van der Waals surface area contributed by atoms with Crippen LogP contribution in [0.1, 0.15) is 35.6 Å². The summed E-state index contributed by atoms with van der Waals surface area (Å²) in [6, 6.07) is 0. The molecule has 2 heterocycles. The number of nitrogens with zero attached hydrogens (tertiary/aromatic N) is 2. The Morgan fingerprint density at radius 1 is 1.62 bits per heavy atom. The Morgan fingerprint density at radius 2 is 2.38 bits per heavy atom. The first-order valence-electron chi connectivity index (χ1n) is 5.62. The van der Waals surface area contributed by atoms with E-state index < -0.39 is 5.97 Å². The van der Waals surface area contributed by atoms with Gasteiger partial charge in [0, 0.05) is 18.7 Å². The Morgan fingerprint density at radius 3 is 3.00 bits per heavy atom. The van der Waals surface area contributed by atoms with Crippen LogP contribution in [-0.4, -0.2) is 27.4 Å². The van der Waals surface area contributed by atoms with E-state index in [2.05, 4.69) is 24.3 Å². The van der Waals surface area contributed by atoms with E-state index in [-0.39, 0.29) is 5.69 Å². The summed E-state index contributed by atoms with van der Waals surface area (Å²) >= 11 is 0. The van der Waals surface area contributed by atoms with Crippen LogP contribution in [0.4, 0.5) is 0 Å². The molecular weight excluding hydrogens is 206 g/mol. The molecule has 1 aromatic rings. The third-order valence-electron chi connectivity index (χ3n) is 2.75. The molecule has 0 saturated heterocycles. The Bertz CT molecular complexity index is 410. The lowest BCUT2D eigenvalue weighted by atomic mass is 10.1. The van der Waals surface area contributed by atoms with Crippen LogP contribution in [0.15, 0.2) is 0 Å². The molecule has 16 heavy (non-hydrogen) atoms. The number of aromatic nitrogens is 2. The lowest BCUT2D eigenvalue weighted by Gasteiger charge is -2.16. The van der Waals surface area contributed by atoms with Crippen molar-refractivity contribution in [2.75, 3.05) is 6.54 Å². The second kappa shape index (κ2) is 4.25.